The molecule has 23 heavy (non-hydrogen) atoms. The number of fused-ring (bicyclic) bond motifs is 1. The van der Waals surface area contributed by atoms with Crippen LogP contribution >= 0.6 is 0 Å². The van der Waals surface area contributed by atoms with Gasteiger partial charge in [-0.15, -0.1) is 0 Å². The summed E-state index contributed by atoms with van der Waals surface area (Å²) in [7, 11) is 0. The van der Waals surface area contributed by atoms with E-state index in [0.29, 0.717) is 5.57 Å². The number of allylic oxidation sites excluding steroid dienone is 6. The van der Waals surface area contributed by atoms with E-state index in [1.807, 2.05) is 59.6 Å². The highest BCUT2D eigenvalue weighted by Gasteiger charge is 2.09. The zero-order chi connectivity index (χ0) is 15.6. The van der Waals surface area contributed by atoms with Crippen molar-refractivity contribution < 1.29 is 0 Å². The minimum atomic E-state index is 0.663. The van der Waals surface area contributed by atoms with Crippen LogP contribution in [0.3, 0.4) is 0 Å². The van der Waals surface area contributed by atoms with Gasteiger partial charge in [-0.25, -0.2) is 9.67 Å². The first-order chi connectivity index (χ1) is 11.3. The van der Waals surface area contributed by atoms with Crippen LogP contribution in [0, 0.1) is 11.3 Å². The molecule has 1 aliphatic rings. The van der Waals surface area contributed by atoms with Crippen LogP contribution in [0.1, 0.15) is 12.1 Å². The Balaban J connectivity index is 1.78. The molecule has 0 saturated heterocycles. The SMILES string of the molecule is N#CC1=CCC=CC(c2ccn(-c3ccnc4[nH]ccc34)n2)=C1. The van der Waals surface area contributed by atoms with Gasteiger partial charge in [0.25, 0.3) is 0 Å². The standard InChI is InChI=1S/C18H13N5/c19-12-13-3-1-2-4-14(11-13)16-7-10-23(22-16)17-6-9-21-18-15(17)5-8-20-18/h2-11H,1H2,(H,20,21). The average molecular weight is 299 g/mol. The number of H-pyrrole nitrogens is 1. The van der Waals surface area contributed by atoms with Crippen molar-refractivity contribution in [1.82, 2.24) is 19.7 Å². The van der Waals surface area contributed by atoms with Crippen molar-refractivity contribution in [3.05, 3.63) is 72.4 Å². The van der Waals surface area contributed by atoms with E-state index in [1.54, 1.807) is 6.20 Å². The molecule has 0 amide bonds. The molecule has 0 aromatic carbocycles. The molecule has 0 fully saturated rings. The van der Waals surface area contributed by atoms with Gasteiger partial charge in [-0.2, -0.15) is 10.4 Å². The monoisotopic (exact) mass is 299 g/mol. The van der Waals surface area contributed by atoms with Crippen molar-refractivity contribution in [2.75, 3.05) is 0 Å². The molecule has 0 unspecified atom stereocenters. The fourth-order valence-corrected chi connectivity index (χ4v) is 2.66. The van der Waals surface area contributed by atoms with Crippen LogP contribution < -0.4 is 0 Å². The van der Waals surface area contributed by atoms with E-state index in [0.717, 1.165) is 34.4 Å². The molecule has 3 aromatic heterocycles. The second-order valence-corrected chi connectivity index (χ2v) is 5.22. The summed E-state index contributed by atoms with van der Waals surface area (Å²) in [5.74, 6) is 0. The molecular formula is C18H13N5. The molecule has 5 nitrogen and oxygen atoms in total. The fourth-order valence-electron chi connectivity index (χ4n) is 2.66. The second-order valence-electron chi connectivity index (χ2n) is 5.22. The molecule has 1 aliphatic carbocycles. The van der Waals surface area contributed by atoms with Crippen LogP contribution in [0.5, 0.6) is 0 Å². The van der Waals surface area contributed by atoms with Crippen LogP contribution in [-0.4, -0.2) is 19.7 Å². The minimum absolute atomic E-state index is 0.663. The highest BCUT2D eigenvalue weighted by atomic mass is 15.3. The number of rotatable bonds is 2. The molecule has 1 N–H and O–H groups in total. The van der Waals surface area contributed by atoms with Gasteiger partial charge in [0, 0.05) is 35.1 Å². The largest absolute Gasteiger partial charge is 0.346 e. The molecule has 0 saturated carbocycles. The number of nitrogens with zero attached hydrogens (tertiary/aromatic N) is 4. The quantitative estimate of drug-likeness (QED) is 0.786. The number of hydrogen-bond acceptors (Lipinski definition) is 3. The molecule has 3 aromatic rings. The van der Waals surface area contributed by atoms with Gasteiger partial charge in [0.05, 0.1) is 17.5 Å². The molecule has 5 heteroatoms. The van der Waals surface area contributed by atoms with Crippen molar-refractivity contribution in [1.29, 1.82) is 5.26 Å². The zero-order valence-electron chi connectivity index (χ0n) is 12.3. The third-order valence-electron chi connectivity index (χ3n) is 3.78. The molecule has 110 valence electrons. The van der Waals surface area contributed by atoms with Crippen LogP contribution in [0.15, 0.2) is 66.7 Å². The lowest BCUT2D eigenvalue weighted by atomic mass is 10.1. The van der Waals surface area contributed by atoms with Crippen molar-refractivity contribution in [3.8, 4) is 11.8 Å². The summed E-state index contributed by atoms with van der Waals surface area (Å²) in [6, 6.07) is 8.08. The van der Waals surface area contributed by atoms with Crippen molar-refractivity contribution in [3.63, 3.8) is 0 Å². The molecule has 0 radical (unpaired) electrons. The molecule has 0 bridgehead atoms. The molecular weight excluding hydrogens is 286 g/mol. The number of aromatic amines is 1. The van der Waals surface area contributed by atoms with E-state index in [4.69, 9.17) is 5.26 Å². The topological polar surface area (TPSA) is 70.3 Å². The van der Waals surface area contributed by atoms with Crippen LogP contribution in [-0.2, 0) is 0 Å². The van der Waals surface area contributed by atoms with Crippen molar-refractivity contribution in [2.45, 2.75) is 6.42 Å². The fraction of sp³-hybridized carbons (Fsp3) is 0.0556. The Morgan fingerprint density at radius 1 is 1.26 bits per heavy atom. The van der Waals surface area contributed by atoms with Gasteiger partial charge >= 0.3 is 0 Å². The lowest BCUT2D eigenvalue weighted by molar-refractivity contribution is 0.879. The first kappa shape index (κ1) is 13.3. The summed E-state index contributed by atoms with van der Waals surface area (Å²) in [5.41, 5.74) is 4.24. The van der Waals surface area contributed by atoms with E-state index >= 15 is 0 Å². The van der Waals surface area contributed by atoms with Crippen molar-refractivity contribution in [2.24, 2.45) is 0 Å². The normalized spacial score (nSPS) is 14.2. The van der Waals surface area contributed by atoms with Gasteiger partial charge in [0.2, 0.25) is 0 Å². The van der Waals surface area contributed by atoms with Crippen molar-refractivity contribution >= 4 is 16.6 Å². The maximum absolute atomic E-state index is 9.13. The lowest BCUT2D eigenvalue weighted by Gasteiger charge is -2.03. The van der Waals surface area contributed by atoms with Gasteiger partial charge in [0.1, 0.15) is 5.65 Å². The summed E-state index contributed by atoms with van der Waals surface area (Å²) < 4.78 is 1.84. The summed E-state index contributed by atoms with van der Waals surface area (Å²) in [4.78, 5) is 7.40. The van der Waals surface area contributed by atoms with Gasteiger partial charge < -0.3 is 4.98 Å². The average Bonchev–Trinajstić information content (AvgIpc) is 3.19. The van der Waals surface area contributed by atoms with Gasteiger partial charge in [-0.3, -0.25) is 0 Å². The summed E-state index contributed by atoms with van der Waals surface area (Å²) in [6.45, 7) is 0. The van der Waals surface area contributed by atoms with E-state index in [-0.39, 0.29) is 0 Å². The maximum Gasteiger partial charge on any atom is 0.139 e. The third-order valence-corrected chi connectivity index (χ3v) is 3.78. The first-order valence-corrected chi connectivity index (χ1v) is 7.32. The summed E-state index contributed by atoms with van der Waals surface area (Å²) in [6.07, 6.45) is 14.1. The van der Waals surface area contributed by atoms with E-state index in [9.17, 15) is 0 Å². The number of nitrogens with one attached hydrogen (secondary N) is 1. The third kappa shape index (κ3) is 2.36. The highest BCUT2D eigenvalue weighted by Crippen LogP contribution is 2.23. The smallest absolute Gasteiger partial charge is 0.139 e. The Morgan fingerprint density at radius 3 is 3.13 bits per heavy atom. The van der Waals surface area contributed by atoms with Gasteiger partial charge in [-0.1, -0.05) is 18.2 Å². The summed E-state index contributed by atoms with van der Waals surface area (Å²) >= 11 is 0. The molecule has 0 aliphatic heterocycles. The van der Waals surface area contributed by atoms with Crippen LogP contribution in [0.25, 0.3) is 22.3 Å². The lowest BCUT2D eigenvalue weighted by Crippen LogP contribution is -1.97. The second kappa shape index (κ2) is 5.43. The van der Waals surface area contributed by atoms with E-state index in [1.165, 1.54) is 0 Å². The number of nitriles is 1. The van der Waals surface area contributed by atoms with Crippen LogP contribution in [0.4, 0.5) is 0 Å². The highest BCUT2D eigenvalue weighted by molar-refractivity contribution is 5.84. The Labute approximate surface area is 132 Å². The zero-order valence-corrected chi connectivity index (χ0v) is 12.3. The number of pyridine rings is 1. The Morgan fingerprint density at radius 2 is 2.22 bits per heavy atom. The van der Waals surface area contributed by atoms with E-state index in [2.05, 4.69) is 21.1 Å². The Bertz CT molecular complexity index is 1010. The number of hydrogen-bond donors (Lipinski definition) is 1. The Kier molecular flexibility index (Phi) is 3.13. The van der Waals surface area contributed by atoms with E-state index < -0.39 is 0 Å². The molecule has 3 heterocycles. The molecule has 0 spiro atoms. The van der Waals surface area contributed by atoms with Gasteiger partial charge in [0.15, 0.2) is 0 Å². The van der Waals surface area contributed by atoms with Gasteiger partial charge in [-0.05, 0) is 30.7 Å². The predicted octanol–water partition coefficient (Wildman–Crippen LogP) is 3.54. The number of aromatic nitrogens is 4. The summed E-state index contributed by atoms with van der Waals surface area (Å²) in [5, 5.41) is 14.8. The molecule has 4 rings (SSSR count). The first-order valence-electron chi connectivity index (χ1n) is 7.32. The molecule has 0 atom stereocenters. The maximum atomic E-state index is 9.13. The minimum Gasteiger partial charge on any atom is -0.346 e. The predicted molar refractivity (Wildman–Crippen MR) is 88.6 cm³/mol. The Hall–Kier alpha value is -3.39. The van der Waals surface area contributed by atoms with Crippen LogP contribution in [0.2, 0.25) is 0 Å².